The Morgan fingerprint density at radius 2 is 2.00 bits per heavy atom. The van der Waals surface area contributed by atoms with Crippen molar-refractivity contribution in [3.8, 4) is 0 Å². The highest BCUT2D eigenvalue weighted by atomic mass is 32.2. The van der Waals surface area contributed by atoms with Crippen LogP contribution in [0.15, 0.2) is 24.3 Å². The molecule has 1 rings (SSSR count). The van der Waals surface area contributed by atoms with Crippen LogP contribution in [0.25, 0.3) is 0 Å². The second-order valence-corrected chi connectivity index (χ2v) is 6.92. The zero-order valence-electron chi connectivity index (χ0n) is 11.2. The maximum absolute atomic E-state index is 12.0. The summed E-state index contributed by atoms with van der Waals surface area (Å²) in [5, 5.41) is 0. The number of carbonyl (C=O) groups excluding carboxylic acids is 1. The largest absolute Gasteiger partial charge is 0.469 e. The molecular weight excluding hydrogens is 298 g/mol. The fraction of sp³-hybridized carbons (Fsp3) is 0.385. The molecule has 0 radical (unpaired) electrons. The van der Waals surface area contributed by atoms with Gasteiger partial charge in [-0.15, -0.1) is 0 Å². The molecule has 1 aromatic rings. The molecule has 0 aliphatic heterocycles. The molecule has 0 spiro atoms. The number of hydrogen-bond donors (Lipinski definition) is 1. The number of rotatable bonds is 7. The lowest BCUT2D eigenvalue weighted by atomic mass is 10.1. The van der Waals surface area contributed by atoms with Crippen molar-refractivity contribution in [1.29, 1.82) is 0 Å². The normalized spacial score (nSPS) is 11.1. The maximum atomic E-state index is 12.0. The van der Waals surface area contributed by atoms with Crippen LogP contribution < -0.4 is 5.73 Å². The molecule has 0 heterocycles. The van der Waals surface area contributed by atoms with Crippen molar-refractivity contribution in [3.63, 3.8) is 0 Å². The highest BCUT2D eigenvalue weighted by Gasteiger charge is 2.16. The zero-order chi connectivity index (χ0) is 15.2. The molecule has 0 amide bonds. The fourth-order valence-corrected chi connectivity index (χ4v) is 3.39. The number of sulfone groups is 1. The molecule has 2 N–H and O–H groups in total. The molecule has 0 saturated heterocycles. The Hall–Kier alpha value is -1.47. The van der Waals surface area contributed by atoms with E-state index in [1.165, 1.54) is 7.11 Å². The number of hydrogen-bond acceptors (Lipinski definition) is 5. The highest BCUT2D eigenvalue weighted by molar-refractivity contribution is 7.90. The van der Waals surface area contributed by atoms with Gasteiger partial charge < -0.3 is 10.5 Å². The van der Waals surface area contributed by atoms with Crippen LogP contribution in [0.3, 0.4) is 0 Å². The molecular formula is C13H17NO4S2. The molecule has 5 nitrogen and oxygen atoms in total. The van der Waals surface area contributed by atoms with Crippen molar-refractivity contribution < 1.29 is 17.9 Å². The van der Waals surface area contributed by atoms with Gasteiger partial charge in [-0.3, -0.25) is 4.79 Å². The van der Waals surface area contributed by atoms with E-state index in [2.05, 4.69) is 4.74 Å². The summed E-state index contributed by atoms with van der Waals surface area (Å²) in [6.45, 7) is 0. The first-order valence-corrected chi connectivity index (χ1v) is 8.23. The second kappa shape index (κ2) is 7.35. The molecule has 0 bridgehead atoms. The third-order valence-electron chi connectivity index (χ3n) is 2.72. The summed E-state index contributed by atoms with van der Waals surface area (Å²) < 4.78 is 28.5. The maximum Gasteiger partial charge on any atom is 0.305 e. The molecule has 0 aliphatic rings. The Morgan fingerprint density at radius 1 is 1.35 bits per heavy atom. The lowest BCUT2D eigenvalue weighted by molar-refractivity contribution is -0.140. The van der Waals surface area contributed by atoms with E-state index < -0.39 is 15.8 Å². The van der Waals surface area contributed by atoms with Crippen LogP contribution in [0.5, 0.6) is 0 Å². The average Bonchev–Trinajstić information content (AvgIpc) is 2.38. The zero-order valence-corrected chi connectivity index (χ0v) is 12.8. The van der Waals surface area contributed by atoms with E-state index >= 15 is 0 Å². The Morgan fingerprint density at radius 3 is 2.60 bits per heavy atom. The fourth-order valence-electron chi connectivity index (χ4n) is 1.73. The third-order valence-corrected chi connectivity index (χ3v) is 4.60. The molecule has 110 valence electrons. The monoisotopic (exact) mass is 315 g/mol. The van der Waals surface area contributed by atoms with Gasteiger partial charge in [-0.05, 0) is 12.0 Å². The predicted molar refractivity (Wildman–Crippen MR) is 81.1 cm³/mol. The summed E-state index contributed by atoms with van der Waals surface area (Å²) in [6.07, 6.45) is 0.330. The second-order valence-electron chi connectivity index (χ2n) is 4.29. The lowest BCUT2D eigenvalue weighted by Gasteiger charge is -2.08. The Labute approximate surface area is 124 Å². The van der Waals surface area contributed by atoms with Gasteiger partial charge in [0.05, 0.1) is 18.6 Å². The minimum atomic E-state index is -3.32. The van der Waals surface area contributed by atoms with Gasteiger partial charge in [-0.1, -0.05) is 36.5 Å². The predicted octanol–water partition coefficient (Wildman–Crippen LogP) is 1.19. The van der Waals surface area contributed by atoms with E-state index in [9.17, 15) is 13.2 Å². The van der Waals surface area contributed by atoms with E-state index in [0.29, 0.717) is 11.1 Å². The molecule has 0 atom stereocenters. The van der Waals surface area contributed by atoms with Crippen LogP contribution in [0.1, 0.15) is 24.0 Å². The van der Waals surface area contributed by atoms with Gasteiger partial charge in [0, 0.05) is 12.0 Å². The first-order valence-electron chi connectivity index (χ1n) is 6.00. The summed E-state index contributed by atoms with van der Waals surface area (Å²) in [6, 6.07) is 6.87. The number of ether oxygens (including phenoxy) is 1. The smallest absolute Gasteiger partial charge is 0.305 e. The van der Waals surface area contributed by atoms with Crippen molar-refractivity contribution >= 4 is 33.0 Å². The highest BCUT2D eigenvalue weighted by Crippen LogP contribution is 2.14. The van der Waals surface area contributed by atoms with Gasteiger partial charge in [-0.2, -0.15) is 0 Å². The van der Waals surface area contributed by atoms with Gasteiger partial charge >= 0.3 is 5.97 Å². The number of carbonyl (C=O) groups is 1. The first kappa shape index (κ1) is 16.6. The average molecular weight is 315 g/mol. The summed E-state index contributed by atoms with van der Waals surface area (Å²) >= 11 is 4.90. The minimum absolute atomic E-state index is 0.0756. The molecule has 20 heavy (non-hydrogen) atoms. The number of benzene rings is 1. The van der Waals surface area contributed by atoms with Crippen molar-refractivity contribution in [2.75, 3.05) is 12.9 Å². The third kappa shape index (κ3) is 5.26. The Balaban J connectivity index is 2.72. The number of methoxy groups -OCH3 is 1. The van der Waals surface area contributed by atoms with Crippen molar-refractivity contribution in [2.45, 2.75) is 18.6 Å². The topological polar surface area (TPSA) is 86.5 Å². The van der Waals surface area contributed by atoms with Crippen LogP contribution in [0.4, 0.5) is 0 Å². The van der Waals surface area contributed by atoms with Crippen LogP contribution in [0.2, 0.25) is 0 Å². The molecule has 0 fully saturated rings. The van der Waals surface area contributed by atoms with Gasteiger partial charge in [0.25, 0.3) is 0 Å². The lowest BCUT2D eigenvalue weighted by Crippen LogP contribution is -2.16. The van der Waals surface area contributed by atoms with Gasteiger partial charge in [0.2, 0.25) is 0 Å². The first-order chi connectivity index (χ1) is 9.35. The van der Waals surface area contributed by atoms with Gasteiger partial charge in [0.1, 0.15) is 4.99 Å². The quantitative estimate of drug-likeness (QED) is 0.601. The SMILES string of the molecule is COC(=O)CCCS(=O)(=O)Cc1ccccc1C(N)=S. The van der Waals surface area contributed by atoms with Gasteiger partial charge in [-0.25, -0.2) is 8.42 Å². The van der Waals surface area contributed by atoms with Crippen LogP contribution >= 0.6 is 12.2 Å². The summed E-state index contributed by atoms with van der Waals surface area (Å²) in [5.41, 5.74) is 6.72. The standard InChI is InChI=1S/C13H17NO4S2/c1-18-12(15)7-4-8-20(16,17)9-10-5-2-3-6-11(10)13(14)19/h2-3,5-6H,4,7-9H2,1H3,(H2,14,19). The van der Waals surface area contributed by atoms with Crippen molar-refractivity contribution in [3.05, 3.63) is 35.4 Å². The van der Waals surface area contributed by atoms with E-state index in [-0.39, 0.29) is 29.3 Å². The minimum Gasteiger partial charge on any atom is -0.469 e. The number of nitrogens with two attached hydrogens (primary N) is 1. The Kier molecular flexibility index (Phi) is 6.09. The van der Waals surface area contributed by atoms with Crippen LogP contribution in [-0.2, 0) is 25.1 Å². The van der Waals surface area contributed by atoms with Crippen LogP contribution in [-0.4, -0.2) is 32.2 Å². The van der Waals surface area contributed by atoms with Gasteiger partial charge in [0.15, 0.2) is 9.84 Å². The van der Waals surface area contributed by atoms with Crippen molar-refractivity contribution in [2.24, 2.45) is 5.73 Å². The Bertz CT molecular complexity index is 596. The molecule has 7 heteroatoms. The molecule has 1 aromatic carbocycles. The summed E-state index contributed by atoms with van der Waals surface area (Å²) in [5.74, 6) is -0.626. The number of thiocarbonyl (C=S) groups is 1. The molecule has 0 saturated carbocycles. The van der Waals surface area contributed by atoms with Crippen LogP contribution in [0, 0.1) is 0 Å². The molecule has 0 aromatic heterocycles. The summed E-state index contributed by atoms with van der Waals surface area (Å²) in [7, 11) is -2.04. The van der Waals surface area contributed by atoms with E-state index in [4.69, 9.17) is 18.0 Å². The molecule has 0 aliphatic carbocycles. The van der Waals surface area contributed by atoms with Crippen molar-refractivity contribution in [1.82, 2.24) is 0 Å². The molecule has 0 unspecified atom stereocenters. The van der Waals surface area contributed by atoms with E-state index in [0.717, 1.165) is 0 Å². The van der Waals surface area contributed by atoms with E-state index in [1.807, 2.05) is 0 Å². The summed E-state index contributed by atoms with van der Waals surface area (Å²) in [4.78, 5) is 11.1. The number of esters is 1. The van der Waals surface area contributed by atoms with E-state index in [1.54, 1.807) is 24.3 Å².